The molecule has 0 unspecified atom stereocenters. The maximum atomic E-state index is 11.7. The van der Waals surface area contributed by atoms with Crippen molar-refractivity contribution in [2.75, 3.05) is 17.2 Å². The van der Waals surface area contributed by atoms with Gasteiger partial charge in [0.15, 0.2) is 0 Å². The summed E-state index contributed by atoms with van der Waals surface area (Å²) in [5.41, 5.74) is -0.0200. The summed E-state index contributed by atoms with van der Waals surface area (Å²) in [7, 11) is 0. The maximum absolute atomic E-state index is 11.7. The third-order valence-corrected chi connectivity index (χ3v) is 6.77. The summed E-state index contributed by atoms with van der Waals surface area (Å²) < 4.78 is 0. The molecule has 1 fully saturated rings. The van der Waals surface area contributed by atoms with Crippen molar-refractivity contribution in [3.05, 3.63) is 16.4 Å². The van der Waals surface area contributed by atoms with Crippen molar-refractivity contribution < 1.29 is 4.92 Å². The zero-order valence-corrected chi connectivity index (χ0v) is 21.0. The number of rotatable bonds is 19. The van der Waals surface area contributed by atoms with Gasteiger partial charge in [-0.3, -0.25) is 10.1 Å². The van der Waals surface area contributed by atoms with Crippen LogP contribution in [0, 0.1) is 10.1 Å². The van der Waals surface area contributed by atoms with Gasteiger partial charge in [-0.05, 0) is 19.3 Å². The number of hydrogen-bond acceptors (Lipinski definition) is 6. The van der Waals surface area contributed by atoms with Gasteiger partial charge >= 0.3 is 5.69 Å². The molecule has 0 amide bonds. The molecular formula is C26H47N5O2. The standard InChI is InChI=1S/C26H47N5O2/c1-2-3-4-5-6-7-8-9-10-11-12-13-14-18-21-27-25-24(31(32)33)26(29-22-28-25)30-23-19-16-15-17-20-23/h22-23H,2-21H2,1H3,(H2,27,28,29,30). The van der Waals surface area contributed by atoms with Crippen LogP contribution in [0.1, 0.15) is 129 Å². The highest BCUT2D eigenvalue weighted by molar-refractivity contribution is 5.69. The number of aromatic nitrogens is 2. The average molecular weight is 462 g/mol. The van der Waals surface area contributed by atoms with Gasteiger partial charge in [-0.2, -0.15) is 0 Å². The Hall–Kier alpha value is -1.92. The molecule has 0 saturated heterocycles. The first kappa shape index (κ1) is 27.3. The van der Waals surface area contributed by atoms with Crippen molar-refractivity contribution in [3.63, 3.8) is 0 Å². The molecule has 7 nitrogen and oxygen atoms in total. The molecule has 0 aromatic carbocycles. The van der Waals surface area contributed by atoms with E-state index in [1.165, 1.54) is 103 Å². The Bertz CT molecular complexity index is 650. The van der Waals surface area contributed by atoms with Gasteiger partial charge in [-0.15, -0.1) is 0 Å². The predicted molar refractivity (Wildman–Crippen MR) is 138 cm³/mol. The van der Waals surface area contributed by atoms with Gasteiger partial charge in [0.1, 0.15) is 6.33 Å². The summed E-state index contributed by atoms with van der Waals surface area (Å²) in [5.74, 6) is 0.688. The number of nitrogens with one attached hydrogen (secondary N) is 2. The molecule has 33 heavy (non-hydrogen) atoms. The van der Waals surface area contributed by atoms with Gasteiger partial charge < -0.3 is 10.6 Å². The Morgan fingerprint density at radius 1 is 0.818 bits per heavy atom. The van der Waals surface area contributed by atoms with E-state index in [9.17, 15) is 10.1 Å². The van der Waals surface area contributed by atoms with Crippen molar-refractivity contribution >= 4 is 17.3 Å². The zero-order valence-electron chi connectivity index (χ0n) is 21.0. The molecule has 2 rings (SSSR count). The predicted octanol–water partition coefficient (Wildman–Crippen LogP) is 8.02. The van der Waals surface area contributed by atoms with E-state index in [0.29, 0.717) is 18.2 Å². The quantitative estimate of drug-likeness (QED) is 0.123. The normalized spacial score (nSPS) is 14.3. The highest BCUT2D eigenvalue weighted by atomic mass is 16.6. The van der Waals surface area contributed by atoms with Gasteiger partial charge in [0, 0.05) is 12.6 Å². The lowest BCUT2D eigenvalue weighted by atomic mass is 9.95. The van der Waals surface area contributed by atoms with Crippen LogP contribution < -0.4 is 10.6 Å². The minimum Gasteiger partial charge on any atom is -0.364 e. The molecule has 1 aromatic heterocycles. The molecule has 1 aliphatic rings. The number of hydrogen-bond donors (Lipinski definition) is 2. The van der Waals surface area contributed by atoms with Gasteiger partial charge in [-0.25, -0.2) is 9.97 Å². The number of unbranched alkanes of at least 4 members (excludes halogenated alkanes) is 13. The highest BCUT2D eigenvalue weighted by Gasteiger charge is 2.25. The fourth-order valence-corrected chi connectivity index (χ4v) is 4.75. The second-order valence-electron chi connectivity index (χ2n) is 9.68. The largest absolute Gasteiger partial charge is 0.364 e. The van der Waals surface area contributed by atoms with Crippen molar-refractivity contribution in [1.82, 2.24) is 9.97 Å². The number of nitro groups is 1. The first-order valence-electron chi connectivity index (χ1n) is 13.7. The highest BCUT2D eigenvalue weighted by Crippen LogP contribution is 2.31. The third-order valence-electron chi connectivity index (χ3n) is 6.77. The van der Waals surface area contributed by atoms with E-state index in [-0.39, 0.29) is 16.7 Å². The average Bonchev–Trinajstić information content (AvgIpc) is 2.82. The second kappa shape index (κ2) is 17.5. The SMILES string of the molecule is CCCCCCCCCCCCCCCCNc1ncnc(NC2CCCCC2)c1[N+](=O)[O-]. The summed E-state index contributed by atoms with van der Waals surface area (Å²) in [4.78, 5) is 19.7. The summed E-state index contributed by atoms with van der Waals surface area (Å²) in [6, 6.07) is 0.269. The molecule has 0 bridgehead atoms. The van der Waals surface area contributed by atoms with Crippen molar-refractivity contribution in [2.24, 2.45) is 0 Å². The molecule has 0 radical (unpaired) electrons. The Labute approximate surface area is 201 Å². The smallest absolute Gasteiger partial charge is 0.353 e. The summed E-state index contributed by atoms with van der Waals surface area (Å²) in [6.45, 7) is 2.98. The third kappa shape index (κ3) is 11.7. The summed E-state index contributed by atoms with van der Waals surface area (Å²) in [6.07, 6.45) is 25.6. The molecular weight excluding hydrogens is 414 g/mol. The van der Waals surface area contributed by atoms with Gasteiger partial charge in [-0.1, -0.05) is 110 Å². The fraction of sp³-hybridized carbons (Fsp3) is 0.846. The van der Waals surface area contributed by atoms with Gasteiger partial charge in [0.2, 0.25) is 11.6 Å². The van der Waals surface area contributed by atoms with Crippen molar-refractivity contribution in [3.8, 4) is 0 Å². The van der Waals surface area contributed by atoms with E-state index < -0.39 is 0 Å². The zero-order chi connectivity index (χ0) is 23.6. The Morgan fingerprint density at radius 2 is 1.33 bits per heavy atom. The van der Waals surface area contributed by atoms with Crippen LogP contribution in [-0.2, 0) is 0 Å². The first-order valence-corrected chi connectivity index (χ1v) is 13.7. The van der Waals surface area contributed by atoms with Crippen molar-refractivity contribution in [2.45, 2.75) is 135 Å². The second-order valence-corrected chi connectivity index (χ2v) is 9.68. The number of anilines is 2. The van der Waals surface area contributed by atoms with Crippen LogP contribution in [0.3, 0.4) is 0 Å². The molecule has 1 aliphatic carbocycles. The van der Waals surface area contributed by atoms with Crippen LogP contribution in [-0.4, -0.2) is 27.5 Å². The molecule has 1 aromatic rings. The van der Waals surface area contributed by atoms with Crippen LogP contribution in [0.5, 0.6) is 0 Å². The molecule has 1 saturated carbocycles. The van der Waals surface area contributed by atoms with Gasteiger partial charge in [0.05, 0.1) is 4.92 Å². The summed E-state index contributed by atoms with van der Waals surface area (Å²) in [5, 5.41) is 18.2. The lowest BCUT2D eigenvalue weighted by Gasteiger charge is -2.23. The molecule has 0 spiro atoms. The maximum Gasteiger partial charge on any atom is 0.353 e. The van der Waals surface area contributed by atoms with E-state index in [1.54, 1.807) is 0 Å². The minimum atomic E-state index is -0.362. The monoisotopic (exact) mass is 461 g/mol. The summed E-state index contributed by atoms with van der Waals surface area (Å²) >= 11 is 0. The van der Waals surface area contributed by atoms with Crippen LogP contribution in [0.4, 0.5) is 17.3 Å². The number of nitrogens with zero attached hydrogens (tertiary/aromatic N) is 3. The molecule has 188 valence electrons. The van der Waals surface area contributed by atoms with Crippen LogP contribution in [0.15, 0.2) is 6.33 Å². The van der Waals surface area contributed by atoms with E-state index in [1.807, 2.05) is 0 Å². The van der Waals surface area contributed by atoms with Crippen LogP contribution in [0.25, 0.3) is 0 Å². The molecule has 0 aliphatic heterocycles. The topological polar surface area (TPSA) is 93.0 Å². The minimum absolute atomic E-state index is 0.0200. The van der Waals surface area contributed by atoms with Crippen LogP contribution >= 0.6 is 0 Å². The van der Waals surface area contributed by atoms with E-state index in [2.05, 4.69) is 27.5 Å². The fourth-order valence-electron chi connectivity index (χ4n) is 4.75. The molecule has 7 heteroatoms. The van der Waals surface area contributed by atoms with Crippen molar-refractivity contribution in [1.29, 1.82) is 0 Å². The van der Waals surface area contributed by atoms with E-state index in [4.69, 9.17) is 0 Å². The molecule has 2 N–H and O–H groups in total. The van der Waals surface area contributed by atoms with Crippen LogP contribution in [0.2, 0.25) is 0 Å². The van der Waals surface area contributed by atoms with E-state index in [0.717, 1.165) is 25.7 Å². The first-order chi connectivity index (χ1) is 16.2. The van der Waals surface area contributed by atoms with E-state index >= 15 is 0 Å². The molecule has 1 heterocycles. The Kier molecular flexibility index (Phi) is 14.5. The van der Waals surface area contributed by atoms with Gasteiger partial charge in [0.25, 0.3) is 0 Å². The lowest BCUT2D eigenvalue weighted by Crippen LogP contribution is -2.23. The molecule has 0 atom stereocenters. The lowest BCUT2D eigenvalue weighted by molar-refractivity contribution is -0.383. The Balaban J connectivity index is 1.55. The Morgan fingerprint density at radius 3 is 1.88 bits per heavy atom.